The molecule has 0 N–H and O–H groups in total. The summed E-state index contributed by atoms with van der Waals surface area (Å²) in [6.07, 6.45) is 2.09. The summed E-state index contributed by atoms with van der Waals surface area (Å²) < 4.78 is 0. The molecule has 0 spiro atoms. The van der Waals surface area contributed by atoms with Crippen molar-refractivity contribution in [2.45, 2.75) is 92.2 Å². The van der Waals surface area contributed by atoms with Gasteiger partial charge >= 0.3 is 23.1 Å². The van der Waals surface area contributed by atoms with E-state index in [0.717, 1.165) is 12.8 Å². The molecule has 0 aliphatic rings. The van der Waals surface area contributed by atoms with Gasteiger partial charge in [0, 0.05) is 8.07 Å². The predicted octanol–water partition coefficient (Wildman–Crippen LogP) is 10.9. The molecule has 0 saturated carbocycles. The Labute approximate surface area is 295 Å². The Bertz CT molecular complexity index is 1840. The summed E-state index contributed by atoms with van der Waals surface area (Å²) in [6, 6.07) is 37.6. The van der Waals surface area contributed by atoms with Crippen molar-refractivity contribution in [3.05, 3.63) is 119 Å². The first-order valence-corrected chi connectivity index (χ1v) is 19.9. The Morgan fingerprint density at radius 3 is 1.17 bits per heavy atom. The van der Waals surface area contributed by atoms with E-state index in [1.54, 1.807) is 10.4 Å². The molecule has 0 fully saturated rings. The second-order valence-electron chi connectivity index (χ2n) is 15.6. The molecule has 0 aliphatic heterocycles. The molecular weight excluding hydrogens is 581 g/mol. The molecule has 0 aromatic heterocycles. The number of benzene rings is 4. The number of rotatable bonds is 6. The smallest absolute Gasteiger partial charge is 0.158 e. The summed E-state index contributed by atoms with van der Waals surface area (Å²) in [6.45, 7) is 23.7. The molecule has 0 unspecified atom stereocenters. The first-order chi connectivity index (χ1) is 21.3. The Morgan fingerprint density at radius 2 is 0.870 bits per heavy atom. The Balaban J connectivity index is 0.00000417. The van der Waals surface area contributed by atoms with Gasteiger partial charge < -0.3 is 0 Å². The van der Waals surface area contributed by atoms with Gasteiger partial charge in [0.15, 0.2) is 0 Å². The zero-order valence-electron chi connectivity index (χ0n) is 29.9. The SMILES string of the molecule is CCc1[cH-]c2cccc(-c3ccc(C(C)(C)C)cc3)c2c1[Si](C)(C)c1c(CC)[cH-]c2cccc(-c3ccc(C(C)(C)C)cc3)c12.[Mg+2]. The minimum Gasteiger partial charge on any atom is -0.158 e. The summed E-state index contributed by atoms with van der Waals surface area (Å²) >= 11 is 0. The molecule has 232 valence electrons. The maximum Gasteiger partial charge on any atom is 2.00 e. The molecule has 0 aliphatic carbocycles. The van der Waals surface area contributed by atoms with Gasteiger partial charge in [0.25, 0.3) is 0 Å². The summed E-state index contributed by atoms with van der Waals surface area (Å²) in [4.78, 5) is 0. The van der Waals surface area contributed by atoms with Gasteiger partial charge in [-0.2, -0.15) is 10.4 Å². The average molecular weight is 631 g/mol. The van der Waals surface area contributed by atoms with Gasteiger partial charge in [-0.3, -0.25) is 0 Å². The van der Waals surface area contributed by atoms with E-state index in [2.05, 4.69) is 166 Å². The van der Waals surface area contributed by atoms with Crippen LogP contribution in [0, 0.1) is 0 Å². The molecule has 0 saturated heterocycles. The van der Waals surface area contributed by atoms with E-state index in [1.165, 1.54) is 66.1 Å². The maximum absolute atomic E-state index is 2.62. The van der Waals surface area contributed by atoms with Crippen molar-refractivity contribution >= 4 is 63.0 Å². The molecule has 6 aromatic carbocycles. The van der Waals surface area contributed by atoms with Crippen LogP contribution in [0.1, 0.15) is 77.6 Å². The molecule has 0 amide bonds. The maximum atomic E-state index is 2.62. The summed E-state index contributed by atoms with van der Waals surface area (Å²) in [5.41, 5.74) is 11.4. The summed E-state index contributed by atoms with van der Waals surface area (Å²) in [5, 5.41) is 8.94. The molecule has 6 aromatic rings. The summed E-state index contributed by atoms with van der Waals surface area (Å²) in [5.74, 6) is 0. The van der Waals surface area contributed by atoms with E-state index in [9.17, 15) is 0 Å². The monoisotopic (exact) mass is 630 g/mol. The van der Waals surface area contributed by atoms with E-state index in [4.69, 9.17) is 0 Å². The average Bonchev–Trinajstić information content (AvgIpc) is 3.60. The van der Waals surface area contributed by atoms with Crippen molar-refractivity contribution in [2.24, 2.45) is 0 Å². The van der Waals surface area contributed by atoms with Crippen molar-refractivity contribution in [1.29, 1.82) is 0 Å². The van der Waals surface area contributed by atoms with Crippen LogP contribution in [0.5, 0.6) is 0 Å². The second-order valence-corrected chi connectivity index (χ2v) is 19.9. The fraction of sp³-hybridized carbons (Fsp3) is 0.318. The first-order valence-electron chi connectivity index (χ1n) is 16.9. The van der Waals surface area contributed by atoms with Gasteiger partial charge in [-0.1, -0.05) is 140 Å². The molecule has 6 rings (SSSR count). The van der Waals surface area contributed by atoms with Crippen molar-refractivity contribution < 1.29 is 0 Å². The van der Waals surface area contributed by atoms with Crippen LogP contribution in [0.2, 0.25) is 13.1 Å². The minimum atomic E-state index is -2.22. The van der Waals surface area contributed by atoms with E-state index in [-0.39, 0.29) is 33.9 Å². The number of aryl methyl sites for hydroxylation is 2. The number of hydrogen-bond donors (Lipinski definition) is 0. The van der Waals surface area contributed by atoms with Crippen LogP contribution in [-0.2, 0) is 23.7 Å². The Kier molecular flexibility index (Phi) is 9.43. The topological polar surface area (TPSA) is 0 Å². The quantitative estimate of drug-likeness (QED) is 0.127. The van der Waals surface area contributed by atoms with E-state index >= 15 is 0 Å². The Hall–Kier alpha value is -2.92. The number of hydrogen-bond acceptors (Lipinski definition) is 0. The molecule has 46 heavy (non-hydrogen) atoms. The third kappa shape index (κ3) is 5.98. The third-order valence-corrected chi connectivity index (χ3v) is 13.8. The largest absolute Gasteiger partial charge is 2.00 e. The fourth-order valence-corrected chi connectivity index (χ4v) is 11.8. The number of fused-ring (bicyclic) bond motifs is 2. The van der Waals surface area contributed by atoms with Crippen molar-refractivity contribution in [3.63, 3.8) is 0 Å². The molecule has 0 bridgehead atoms. The van der Waals surface area contributed by atoms with Gasteiger partial charge in [0.05, 0.1) is 0 Å². The predicted molar refractivity (Wildman–Crippen MR) is 209 cm³/mol. The van der Waals surface area contributed by atoms with Gasteiger partial charge in [0.2, 0.25) is 0 Å². The molecule has 0 radical (unpaired) electrons. The van der Waals surface area contributed by atoms with E-state index in [1.807, 2.05) is 0 Å². The first kappa shape index (κ1) is 34.4. The van der Waals surface area contributed by atoms with Gasteiger partial charge in [-0.25, -0.2) is 0 Å². The second kappa shape index (κ2) is 12.6. The van der Waals surface area contributed by atoms with E-state index < -0.39 is 8.07 Å². The molecule has 0 nitrogen and oxygen atoms in total. The molecule has 0 atom stereocenters. The van der Waals surface area contributed by atoms with Crippen LogP contribution in [0.15, 0.2) is 97.1 Å². The minimum absolute atomic E-state index is 0. The van der Waals surface area contributed by atoms with Crippen LogP contribution in [0.4, 0.5) is 0 Å². The van der Waals surface area contributed by atoms with Crippen molar-refractivity contribution in [3.8, 4) is 22.3 Å². The normalized spacial score (nSPS) is 12.6. The van der Waals surface area contributed by atoms with Crippen LogP contribution >= 0.6 is 0 Å². The standard InChI is InChI=1S/C44H50Si.Mg/c1-11-29-27-33-15-13-17-37(31-19-23-35(24-20-31)43(3,4)5)39(33)41(29)45(9,10)42-30(12-2)28-34-16-14-18-38(40(34)42)32-21-25-36(26-22-32)44(6,7)8;/h13-28H,11-12H2,1-10H3;/q-2;+2. The van der Waals surface area contributed by atoms with Gasteiger partial charge in [0.1, 0.15) is 0 Å². The van der Waals surface area contributed by atoms with Crippen molar-refractivity contribution in [2.75, 3.05) is 0 Å². The molecular formula is C44H50MgSi. The van der Waals surface area contributed by atoms with Gasteiger partial charge in [-0.15, -0.1) is 69.1 Å². The third-order valence-electron chi connectivity index (χ3n) is 10.1. The van der Waals surface area contributed by atoms with E-state index in [0.29, 0.717) is 0 Å². The fourth-order valence-electron chi connectivity index (χ4n) is 7.67. The van der Waals surface area contributed by atoms with Crippen LogP contribution < -0.4 is 10.4 Å². The van der Waals surface area contributed by atoms with Crippen LogP contribution in [0.25, 0.3) is 43.8 Å². The summed E-state index contributed by atoms with van der Waals surface area (Å²) in [7, 11) is -2.22. The molecule has 2 heteroatoms. The van der Waals surface area contributed by atoms with Crippen LogP contribution in [-0.4, -0.2) is 31.1 Å². The Morgan fingerprint density at radius 1 is 0.522 bits per heavy atom. The van der Waals surface area contributed by atoms with Crippen molar-refractivity contribution in [1.82, 2.24) is 0 Å². The van der Waals surface area contributed by atoms with Gasteiger partial charge in [-0.05, 0) is 45.9 Å². The zero-order chi connectivity index (χ0) is 32.3. The molecule has 0 heterocycles. The zero-order valence-corrected chi connectivity index (χ0v) is 32.3. The van der Waals surface area contributed by atoms with Crippen LogP contribution in [0.3, 0.4) is 0 Å².